The summed E-state index contributed by atoms with van der Waals surface area (Å²) in [5.41, 5.74) is 3.32. The summed E-state index contributed by atoms with van der Waals surface area (Å²) in [5, 5.41) is 2.90. The van der Waals surface area contributed by atoms with Gasteiger partial charge in [-0.3, -0.25) is 4.79 Å². The minimum Gasteiger partial charge on any atom is -0.350 e. The Morgan fingerprint density at radius 2 is 2.06 bits per heavy atom. The molecule has 1 aliphatic rings. The largest absolute Gasteiger partial charge is 0.350 e. The number of amides is 1. The molecule has 84 valence electrons. The second-order valence-electron chi connectivity index (χ2n) is 4.34. The highest BCUT2D eigenvalue weighted by Gasteiger charge is 2.22. The maximum atomic E-state index is 11.5. The van der Waals surface area contributed by atoms with Crippen LogP contribution in [0.3, 0.4) is 0 Å². The number of nitrogens with one attached hydrogen (secondary N) is 1. The van der Waals surface area contributed by atoms with E-state index in [-0.39, 0.29) is 11.9 Å². The smallest absolute Gasteiger partial charge is 0.247 e. The molecule has 1 fully saturated rings. The van der Waals surface area contributed by atoms with Crippen molar-refractivity contribution in [1.82, 2.24) is 5.32 Å². The van der Waals surface area contributed by atoms with Gasteiger partial charge in [-0.05, 0) is 37.0 Å². The predicted molar refractivity (Wildman–Crippen MR) is 66.0 cm³/mol. The van der Waals surface area contributed by atoms with Crippen LogP contribution in [-0.2, 0) is 11.2 Å². The third-order valence-electron chi connectivity index (χ3n) is 2.92. The average molecular weight is 215 g/mol. The lowest BCUT2D eigenvalue weighted by atomic mass is 10.1. The van der Waals surface area contributed by atoms with Gasteiger partial charge in [0, 0.05) is 11.6 Å². The Morgan fingerprint density at radius 3 is 2.56 bits per heavy atom. The van der Waals surface area contributed by atoms with Gasteiger partial charge in [0.1, 0.15) is 0 Å². The van der Waals surface area contributed by atoms with E-state index in [4.69, 9.17) is 0 Å². The first-order valence-electron chi connectivity index (χ1n) is 5.79. The normalized spacial score (nSPS) is 22.5. The van der Waals surface area contributed by atoms with E-state index in [9.17, 15) is 4.79 Å². The molecule has 0 aromatic heterocycles. The molecule has 1 amide bonds. The lowest BCUT2D eigenvalue weighted by Gasteiger charge is -1.98. The van der Waals surface area contributed by atoms with Gasteiger partial charge in [-0.15, -0.1) is 0 Å². The zero-order chi connectivity index (χ0) is 11.5. The SMILES string of the molecule is CCc1ccc(/C=C2\CC(C)NC2=O)cc1. The van der Waals surface area contributed by atoms with Crippen LogP contribution in [0.1, 0.15) is 31.4 Å². The highest BCUT2D eigenvalue weighted by molar-refractivity contribution is 6.00. The maximum Gasteiger partial charge on any atom is 0.247 e. The molecular formula is C14H17NO. The fourth-order valence-electron chi connectivity index (χ4n) is 1.97. The van der Waals surface area contributed by atoms with E-state index in [1.807, 2.05) is 13.0 Å². The van der Waals surface area contributed by atoms with Crippen LogP contribution in [0.2, 0.25) is 0 Å². The van der Waals surface area contributed by atoms with Crippen molar-refractivity contribution in [3.63, 3.8) is 0 Å². The van der Waals surface area contributed by atoms with Gasteiger partial charge in [0.25, 0.3) is 0 Å². The molecule has 16 heavy (non-hydrogen) atoms. The maximum absolute atomic E-state index is 11.5. The first-order chi connectivity index (χ1) is 7.69. The van der Waals surface area contributed by atoms with Crippen LogP contribution in [0.25, 0.3) is 6.08 Å². The number of aryl methyl sites for hydroxylation is 1. The quantitative estimate of drug-likeness (QED) is 0.755. The molecule has 2 rings (SSSR count). The lowest BCUT2D eigenvalue weighted by Crippen LogP contribution is -2.21. The Kier molecular flexibility index (Phi) is 3.09. The van der Waals surface area contributed by atoms with E-state index in [0.717, 1.165) is 24.0 Å². The summed E-state index contributed by atoms with van der Waals surface area (Å²) in [5.74, 6) is 0.0760. The monoisotopic (exact) mass is 215 g/mol. The summed E-state index contributed by atoms with van der Waals surface area (Å²) in [6.07, 6.45) is 3.86. The van der Waals surface area contributed by atoms with E-state index in [0.29, 0.717) is 0 Å². The Morgan fingerprint density at radius 1 is 1.38 bits per heavy atom. The van der Waals surface area contributed by atoms with E-state index >= 15 is 0 Å². The molecule has 1 aromatic carbocycles. The molecule has 0 radical (unpaired) electrons. The molecule has 2 heteroatoms. The summed E-state index contributed by atoms with van der Waals surface area (Å²) >= 11 is 0. The van der Waals surface area contributed by atoms with Crippen LogP contribution in [0.5, 0.6) is 0 Å². The Bertz CT molecular complexity index is 417. The zero-order valence-electron chi connectivity index (χ0n) is 9.79. The van der Waals surface area contributed by atoms with Crippen molar-refractivity contribution in [3.05, 3.63) is 41.0 Å². The van der Waals surface area contributed by atoms with Gasteiger partial charge in [-0.1, -0.05) is 31.2 Å². The van der Waals surface area contributed by atoms with Gasteiger partial charge in [-0.2, -0.15) is 0 Å². The number of hydrogen-bond donors (Lipinski definition) is 1. The number of hydrogen-bond acceptors (Lipinski definition) is 1. The van der Waals surface area contributed by atoms with Gasteiger partial charge in [0.05, 0.1) is 0 Å². The van der Waals surface area contributed by atoms with Crippen molar-refractivity contribution in [2.24, 2.45) is 0 Å². The molecule has 0 spiro atoms. The summed E-state index contributed by atoms with van der Waals surface area (Å²) < 4.78 is 0. The van der Waals surface area contributed by atoms with E-state index < -0.39 is 0 Å². The van der Waals surface area contributed by atoms with Crippen LogP contribution in [-0.4, -0.2) is 11.9 Å². The van der Waals surface area contributed by atoms with Gasteiger partial charge >= 0.3 is 0 Å². The second-order valence-corrected chi connectivity index (χ2v) is 4.34. The minimum absolute atomic E-state index is 0.0760. The van der Waals surface area contributed by atoms with Crippen molar-refractivity contribution in [3.8, 4) is 0 Å². The summed E-state index contributed by atoms with van der Waals surface area (Å²) in [4.78, 5) is 11.5. The Hall–Kier alpha value is -1.57. The molecule has 0 saturated carbocycles. The van der Waals surface area contributed by atoms with E-state index in [1.165, 1.54) is 5.56 Å². The first-order valence-corrected chi connectivity index (χ1v) is 5.79. The standard InChI is InChI=1S/C14H17NO/c1-3-11-4-6-12(7-5-11)9-13-8-10(2)15-14(13)16/h4-7,9-10H,3,8H2,1-2H3,(H,15,16)/b13-9+. The van der Waals surface area contributed by atoms with Crippen LogP contribution in [0, 0.1) is 0 Å². The van der Waals surface area contributed by atoms with Gasteiger partial charge in [0.15, 0.2) is 0 Å². The lowest BCUT2D eigenvalue weighted by molar-refractivity contribution is -0.116. The third-order valence-corrected chi connectivity index (χ3v) is 2.92. The van der Waals surface area contributed by atoms with Crippen LogP contribution < -0.4 is 5.32 Å². The molecule has 0 bridgehead atoms. The van der Waals surface area contributed by atoms with Crippen molar-refractivity contribution in [1.29, 1.82) is 0 Å². The number of rotatable bonds is 2. The number of carbonyl (C=O) groups excluding carboxylic acids is 1. The van der Waals surface area contributed by atoms with Gasteiger partial charge < -0.3 is 5.32 Å². The van der Waals surface area contributed by atoms with Crippen LogP contribution in [0.15, 0.2) is 29.8 Å². The molecule has 1 unspecified atom stereocenters. The molecule has 1 saturated heterocycles. The van der Waals surface area contributed by atoms with Gasteiger partial charge in [-0.25, -0.2) is 0 Å². The minimum atomic E-state index is 0.0760. The van der Waals surface area contributed by atoms with E-state index in [1.54, 1.807) is 0 Å². The zero-order valence-corrected chi connectivity index (χ0v) is 9.79. The molecule has 1 atom stereocenters. The van der Waals surface area contributed by atoms with Gasteiger partial charge in [0.2, 0.25) is 5.91 Å². The molecule has 1 aromatic rings. The Balaban J connectivity index is 2.19. The molecule has 1 N–H and O–H groups in total. The molecule has 1 heterocycles. The molecule has 1 aliphatic heterocycles. The molecular weight excluding hydrogens is 198 g/mol. The second kappa shape index (κ2) is 4.52. The van der Waals surface area contributed by atoms with Crippen LogP contribution in [0.4, 0.5) is 0 Å². The van der Waals surface area contributed by atoms with Crippen molar-refractivity contribution in [2.75, 3.05) is 0 Å². The number of carbonyl (C=O) groups is 1. The highest BCUT2D eigenvalue weighted by atomic mass is 16.2. The summed E-state index contributed by atoms with van der Waals surface area (Å²) in [6, 6.07) is 8.64. The van der Waals surface area contributed by atoms with E-state index in [2.05, 4.69) is 36.5 Å². The fraction of sp³-hybridized carbons (Fsp3) is 0.357. The summed E-state index contributed by atoms with van der Waals surface area (Å²) in [7, 11) is 0. The van der Waals surface area contributed by atoms with Crippen molar-refractivity contribution in [2.45, 2.75) is 32.7 Å². The fourth-order valence-corrected chi connectivity index (χ4v) is 1.97. The number of benzene rings is 1. The van der Waals surface area contributed by atoms with Crippen molar-refractivity contribution >= 4 is 12.0 Å². The summed E-state index contributed by atoms with van der Waals surface area (Å²) in [6.45, 7) is 4.17. The topological polar surface area (TPSA) is 29.1 Å². The molecule has 0 aliphatic carbocycles. The predicted octanol–water partition coefficient (Wildman–Crippen LogP) is 2.54. The Labute approximate surface area is 96.4 Å². The first kappa shape index (κ1) is 10.9. The van der Waals surface area contributed by atoms with Crippen LogP contribution >= 0.6 is 0 Å². The highest BCUT2D eigenvalue weighted by Crippen LogP contribution is 2.18. The third kappa shape index (κ3) is 2.32. The average Bonchev–Trinajstić information content (AvgIpc) is 2.59. The molecule has 2 nitrogen and oxygen atoms in total. The van der Waals surface area contributed by atoms with Crippen molar-refractivity contribution < 1.29 is 4.79 Å².